The van der Waals surface area contributed by atoms with E-state index in [9.17, 15) is 4.39 Å². The number of hydrogen-bond donors (Lipinski definition) is 0. The van der Waals surface area contributed by atoms with E-state index < -0.39 is 0 Å². The molecule has 0 amide bonds. The van der Waals surface area contributed by atoms with Gasteiger partial charge in [0.1, 0.15) is 11.6 Å². The van der Waals surface area contributed by atoms with Crippen LogP contribution in [0.4, 0.5) is 10.1 Å². The zero-order valence-corrected chi connectivity index (χ0v) is 12.8. The fourth-order valence-electron chi connectivity index (χ4n) is 2.90. The van der Waals surface area contributed by atoms with Crippen LogP contribution in [0.5, 0.6) is 5.75 Å². The minimum atomic E-state index is -0.220. The molecule has 0 atom stereocenters. The van der Waals surface area contributed by atoms with Gasteiger partial charge in [-0.3, -0.25) is 4.90 Å². The van der Waals surface area contributed by atoms with Gasteiger partial charge in [0.15, 0.2) is 0 Å². The highest BCUT2D eigenvalue weighted by Crippen LogP contribution is 2.29. The molecule has 116 valence electrons. The van der Waals surface area contributed by atoms with Crippen LogP contribution in [0, 0.1) is 5.82 Å². The Labute approximate surface area is 130 Å². The molecule has 2 aromatic rings. The van der Waals surface area contributed by atoms with E-state index in [4.69, 9.17) is 4.74 Å². The minimum absolute atomic E-state index is 0.220. The van der Waals surface area contributed by atoms with Crippen LogP contribution >= 0.6 is 0 Å². The van der Waals surface area contributed by atoms with Gasteiger partial charge in [-0.25, -0.2) is 4.39 Å². The van der Waals surface area contributed by atoms with E-state index in [1.54, 1.807) is 19.2 Å². The van der Waals surface area contributed by atoms with E-state index in [2.05, 4.69) is 34.1 Å². The van der Waals surface area contributed by atoms with Crippen LogP contribution in [-0.4, -0.2) is 38.2 Å². The van der Waals surface area contributed by atoms with Crippen LogP contribution in [0.15, 0.2) is 48.5 Å². The van der Waals surface area contributed by atoms with Crippen LogP contribution in [-0.2, 0) is 6.54 Å². The maximum atomic E-state index is 13.5. The summed E-state index contributed by atoms with van der Waals surface area (Å²) >= 11 is 0. The number of methoxy groups -OCH3 is 1. The first-order chi connectivity index (χ1) is 10.8. The largest absolute Gasteiger partial charge is 0.495 e. The number of nitrogens with zero attached hydrogens (tertiary/aromatic N) is 2. The Morgan fingerprint density at radius 3 is 2.41 bits per heavy atom. The Kier molecular flexibility index (Phi) is 4.59. The second-order valence-electron chi connectivity index (χ2n) is 5.56. The van der Waals surface area contributed by atoms with Crippen molar-refractivity contribution in [1.82, 2.24) is 4.90 Å². The summed E-state index contributed by atoms with van der Waals surface area (Å²) in [4.78, 5) is 4.63. The van der Waals surface area contributed by atoms with Gasteiger partial charge in [0.25, 0.3) is 0 Å². The van der Waals surface area contributed by atoms with Crippen LogP contribution in [0.25, 0.3) is 0 Å². The minimum Gasteiger partial charge on any atom is -0.495 e. The van der Waals surface area contributed by atoms with Gasteiger partial charge in [0, 0.05) is 38.8 Å². The zero-order chi connectivity index (χ0) is 15.4. The number of anilines is 1. The molecule has 1 aliphatic rings. The number of rotatable bonds is 4. The van der Waals surface area contributed by atoms with Crippen molar-refractivity contribution in [2.45, 2.75) is 6.54 Å². The Morgan fingerprint density at radius 1 is 1.00 bits per heavy atom. The molecule has 2 aromatic carbocycles. The third-order valence-electron chi connectivity index (χ3n) is 4.10. The number of benzene rings is 2. The lowest BCUT2D eigenvalue weighted by Crippen LogP contribution is -2.46. The summed E-state index contributed by atoms with van der Waals surface area (Å²) < 4.78 is 18.9. The maximum Gasteiger partial charge on any atom is 0.142 e. The van der Waals surface area contributed by atoms with Gasteiger partial charge < -0.3 is 9.64 Å². The SMILES string of the molecule is COc1ccc(F)cc1N1CCN(Cc2ccccc2)CC1. The summed E-state index contributed by atoms with van der Waals surface area (Å²) in [6.45, 7) is 4.66. The first-order valence-electron chi connectivity index (χ1n) is 7.61. The standard InChI is InChI=1S/C18H21FN2O/c1-22-18-8-7-16(19)13-17(18)21-11-9-20(10-12-21)14-15-5-3-2-4-6-15/h2-8,13H,9-12,14H2,1H3. The molecule has 3 rings (SSSR count). The van der Waals surface area contributed by atoms with Crippen LogP contribution in [0.1, 0.15) is 5.56 Å². The van der Waals surface area contributed by atoms with Crippen molar-refractivity contribution in [3.63, 3.8) is 0 Å². The average Bonchev–Trinajstić information content (AvgIpc) is 2.56. The molecule has 0 unspecified atom stereocenters. The molecular weight excluding hydrogens is 279 g/mol. The second kappa shape index (κ2) is 6.79. The Balaban J connectivity index is 1.63. The lowest BCUT2D eigenvalue weighted by molar-refractivity contribution is 0.249. The quantitative estimate of drug-likeness (QED) is 0.862. The first-order valence-corrected chi connectivity index (χ1v) is 7.61. The molecule has 0 radical (unpaired) electrons. The molecule has 1 fully saturated rings. The van der Waals surface area contributed by atoms with Crippen molar-refractivity contribution >= 4 is 5.69 Å². The third kappa shape index (κ3) is 3.39. The Morgan fingerprint density at radius 2 is 1.73 bits per heavy atom. The van der Waals surface area contributed by atoms with Crippen molar-refractivity contribution in [3.05, 3.63) is 59.9 Å². The number of halogens is 1. The molecule has 0 aliphatic carbocycles. The van der Waals surface area contributed by atoms with Gasteiger partial charge in [0.2, 0.25) is 0 Å². The van der Waals surface area contributed by atoms with E-state index in [-0.39, 0.29) is 5.82 Å². The van der Waals surface area contributed by atoms with Crippen LogP contribution in [0.2, 0.25) is 0 Å². The molecule has 0 aromatic heterocycles. The molecule has 0 spiro atoms. The van der Waals surface area contributed by atoms with Crippen molar-refractivity contribution in [2.75, 3.05) is 38.2 Å². The normalized spacial score (nSPS) is 15.8. The van der Waals surface area contributed by atoms with Gasteiger partial charge in [-0.05, 0) is 17.7 Å². The van der Waals surface area contributed by atoms with Gasteiger partial charge >= 0.3 is 0 Å². The predicted molar refractivity (Wildman–Crippen MR) is 86.9 cm³/mol. The molecule has 0 bridgehead atoms. The molecular formula is C18H21FN2O. The highest BCUT2D eigenvalue weighted by Gasteiger charge is 2.20. The Bertz CT molecular complexity index is 610. The third-order valence-corrected chi connectivity index (χ3v) is 4.10. The van der Waals surface area contributed by atoms with Gasteiger partial charge in [-0.1, -0.05) is 30.3 Å². The smallest absolute Gasteiger partial charge is 0.142 e. The van der Waals surface area contributed by atoms with E-state index >= 15 is 0 Å². The van der Waals surface area contributed by atoms with Crippen LogP contribution < -0.4 is 9.64 Å². The lowest BCUT2D eigenvalue weighted by atomic mass is 10.2. The van der Waals surface area contributed by atoms with E-state index in [0.717, 1.165) is 44.2 Å². The van der Waals surface area contributed by atoms with Crippen molar-refractivity contribution in [2.24, 2.45) is 0 Å². The van der Waals surface area contributed by atoms with E-state index in [1.165, 1.54) is 11.6 Å². The zero-order valence-electron chi connectivity index (χ0n) is 12.8. The summed E-state index contributed by atoms with van der Waals surface area (Å²) in [6, 6.07) is 15.2. The summed E-state index contributed by atoms with van der Waals surface area (Å²) in [5, 5.41) is 0. The second-order valence-corrected chi connectivity index (χ2v) is 5.56. The molecule has 4 heteroatoms. The number of ether oxygens (including phenoxy) is 1. The van der Waals surface area contributed by atoms with E-state index in [1.807, 2.05) is 6.07 Å². The molecule has 1 saturated heterocycles. The van der Waals surface area contributed by atoms with Gasteiger partial charge in [0.05, 0.1) is 12.8 Å². The number of piperazine rings is 1. The molecule has 1 heterocycles. The average molecular weight is 300 g/mol. The lowest BCUT2D eigenvalue weighted by Gasteiger charge is -2.36. The van der Waals surface area contributed by atoms with Gasteiger partial charge in [-0.2, -0.15) is 0 Å². The molecule has 22 heavy (non-hydrogen) atoms. The Hall–Kier alpha value is -2.07. The highest BCUT2D eigenvalue weighted by atomic mass is 19.1. The monoisotopic (exact) mass is 300 g/mol. The molecule has 1 aliphatic heterocycles. The topological polar surface area (TPSA) is 15.7 Å². The molecule has 0 saturated carbocycles. The summed E-state index contributed by atoms with van der Waals surface area (Å²) in [6.07, 6.45) is 0. The van der Waals surface area contributed by atoms with Gasteiger partial charge in [-0.15, -0.1) is 0 Å². The summed E-state index contributed by atoms with van der Waals surface area (Å²) in [7, 11) is 1.63. The first kappa shape index (κ1) is 14.9. The van der Waals surface area contributed by atoms with Crippen molar-refractivity contribution < 1.29 is 9.13 Å². The maximum absolute atomic E-state index is 13.5. The fraction of sp³-hybridized carbons (Fsp3) is 0.333. The number of hydrogen-bond acceptors (Lipinski definition) is 3. The summed E-state index contributed by atoms with van der Waals surface area (Å²) in [5.74, 6) is 0.514. The van der Waals surface area contributed by atoms with E-state index in [0.29, 0.717) is 0 Å². The molecule has 3 nitrogen and oxygen atoms in total. The van der Waals surface area contributed by atoms with Crippen molar-refractivity contribution in [1.29, 1.82) is 0 Å². The van der Waals surface area contributed by atoms with Crippen LogP contribution in [0.3, 0.4) is 0 Å². The molecule has 0 N–H and O–H groups in total. The summed E-state index contributed by atoms with van der Waals surface area (Å²) in [5.41, 5.74) is 2.18. The predicted octanol–water partition coefficient (Wildman–Crippen LogP) is 3.16. The fourth-order valence-corrected chi connectivity index (χ4v) is 2.90. The highest BCUT2D eigenvalue weighted by molar-refractivity contribution is 5.59. The van der Waals surface area contributed by atoms with Crippen molar-refractivity contribution in [3.8, 4) is 5.75 Å².